The fourth-order valence-corrected chi connectivity index (χ4v) is 3.27. The third kappa shape index (κ3) is 4.23. The molecular formula is C14H22BrF2N3O. The highest BCUT2D eigenvalue weighted by atomic mass is 79.9. The molecule has 0 aromatic carbocycles. The first-order valence-electron chi connectivity index (χ1n) is 7.22. The van der Waals surface area contributed by atoms with Gasteiger partial charge in [-0.2, -0.15) is 5.10 Å². The van der Waals surface area contributed by atoms with Crippen LogP contribution in [0, 0.1) is 5.92 Å². The van der Waals surface area contributed by atoms with Crippen LogP contribution in [0.15, 0.2) is 10.7 Å². The standard InChI is InChI=1S/C14H22BrF2N3O/c1-19(2)7-8-20-12(11(15)9-18-20)13(21)10-3-5-14(16,17)6-4-10/h9-10,13,21H,3-8H2,1-2H3. The number of aromatic nitrogens is 2. The molecule has 2 rings (SSSR count). The summed E-state index contributed by atoms with van der Waals surface area (Å²) in [5.41, 5.74) is 0.701. The van der Waals surface area contributed by atoms with Crippen LogP contribution in [-0.4, -0.2) is 46.3 Å². The normalized spacial score (nSPS) is 20.9. The molecular weight excluding hydrogens is 344 g/mol. The summed E-state index contributed by atoms with van der Waals surface area (Å²) in [5, 5.41) is 14.8. The van der Waals surface area contributed by atoms with Gasteiger partial charge in [-0.05, 0) is 48.8 Å². The first-order valence-corrected chi connectivity index (χ1v) is 8.01. The Balaban J connectivity index is 2.08. The highest BCUT2D eigenvalue weighted by molar-refractivity contribution is 9.10. The molecule has 0 bridgehead atoms. The zero-order chi connectivity index (χ0) is 15.6. The molecule has 7 heteroatoms. The SMILES string of the molecule is CN(C)CCn1ncc(Br)c1C(O)C1CCC(F)(F)CC1. The van der Waals surface area contributed by atoms with Crippen molar-refractivity contribution in [3.63, 3.8) is 0 Å². The van der Waals surface area contributed by atoms with E-state index in [2.05, 4.69) is 21.0 Å². The van der Waals surface area contributed by atoms with E-state index in [1.807, 2.05) is 19.0 Å². The third-order valence-electron chi connectivity index (χ3n) is 4.08. The van der Waals surface area contributed by atoms with E-state index in [1.165, 1.54) is 0 Å². The molecule has 0 saturated heterocycles. The number of aliphatic hydroxyl groups is 1. The second kappa shape index (κ2) is 6.71. The van der Waals surface area contributed by atoms with Crippen molar-refractivity contribution in [3.8, 4) is 0 Å². The summed E-state index contributed by atoms with van der Waals surface area (Å²) in [6.07, 6.45) is 1.32. The van der Waals surface area contributed by atoms with Crippen molar-refractivity contribution in [3.05, 3.63) is 16.4 Å². The van der Waals surface area contributed by atoms with Crippen molar-refractivity contribution in [2.24, 2.45) is 5.92 Å². The van der Waals surface area contributed by atoms with Gasteiger partial charge in [0.05, 0.1) is 29.0 Å². The van der Waals surface area contributed by atoms with Crippen LogP contribution in [0.5, 0.6) is 0 Å². The lowest BCUT2D eigenvalue weighted by molar-refractivity contribution is -0.0638. The highest BCUT2D eigenvalue weighted by Crippen LogP contribution is 2.42. The van der Waals surface area contributed by atoms with E-state index in [0.717, 1.165) is 11.0 Å². The molecule has 1 saturated carbocycles. The highest BCUT2D eigenvalue weighted by Gasteiger charge is 2.38. The van der Waals surface area contributed by atoms with Crippen molar-refractivity contribution < 1.29 is 13.9 Å². The van der Waals surface area contributed by atoms with Gasteiger partial charge < -0.3 is 10.0 Å². The number of rotatable bonds is 5. The maximum Gasteiger partial charge on any atom is 0.248 e. The predicted molar refractivity (Wildman–Crippen MR) is 80.3 cm³/mol. The molecule has 1 N–H and O–H groups in total. The summed E-state index contributed by atoms with van der Waals surface area (Å²) in [6, 6.07) is 0. The molecule has 0 amide bonds. The summed E-state index contributed by atoms with van der Waals surface area (Å²) >= 11 is 3.41. The molecule has 1 aromatic rings. The van der Waals surface area contributed by atoms with Gasteiger partial charge in [-0.25, -0.2) is 8.78 Å². The first kappa shape index (κ1) is 16.8. The summed E-state index contributed by atoms with van der Waals surface area (Å²) in [6.45, 7) is 1.46. The fraction of sp³-hybridized carbons (Fsp3) is 0.786. The molecule has 120 valence electrons. The Hall–Kier alpha value is -0.530. The zero-order valence-corrected chi connectivity index (χ0v) is 14.0. The van der Waals surface area contributed by atoms with Crippen LogP contribution in [0.2, 0.25) is 0 Å². The van der Waals surface area contributed by atoms with Gasteiger partial charge in [-0.15, -0.1) is 0 Å². The van der Waals surface area contributed by atoms with Crippen molar-refractivity contribution in [1.29, 1.82) is 0 Å². The van der Waals surface area contributed by atoms with Crippen LogP contribution in [0.1, 0.15) is 37.5 Å². The monoisotopic (exact) mass is 365 g/mol. The molecule has 0 aliphatic heterocycles. The molecule has 1 unspecified atom stereocenters. The van der Waals surface area contributed by atoms with E-state index < -0.39 is 12.0 Å². The average Bonchev–Trinajstić information content (AvgIpc) is 2.76. The zero-order valence-electron chi connectivity index (χ0n) is 12.4. The number of aliphatic hydroxyl groups excluding tert-OH is 1. The van der Waals surface area contributed by atoms with Gasteiger partial charge >= 0.3 is 0 Å². The molecule has 1 aromatic heterocycles. The summed E-state index contributed by atoms with van der Waals surface area (Å²) in [5.74, 6) is -2.70. The molecule has 4 nitrogen and oxygen atoms in total. The van der Waals surface area contributed by atoms with Crippen LogP contribution in [0.4, 0.5) is 8.78 Å². The lowest BCUT2D eigenvalue weighted by Gasteiger charge is -2.31. The number of hydrogen-bond acceptors (Lipinski definition) is 3. The van der Waals surface area contributed by atoms with Crippen LogP contribution in [-0.2, 0) is 6.54 Å². The van der Waals surface area contributed by atoms with Crippen molar-refractivity contribution >= 4 is 15.9 Å². The van der Waals surface area contributed by atoms with E-state index in [9.17, 15) is 13.9 Å². The van der Waals surface area contributed by atoms with E-state index in [4.69, 9.17) is 0 Å². The van der Waals surface area contributed by atoms with E-state index in [0.29, 0.717) is 25.1 Å². The Labute approximate surface area is 132 Å². The summed E-state index contributed by atoms with van der Waals surface area (Å²) in [4.78, 5) is 2.03. The molecule has 1 aliphatic rings. The van der Waals surface area contributed by atoms with Crippen molar-refractivity contribution in [1.82, 2.24) is 14.7 Å². The van der Waals surface area contributed by atoms with Gasteiger partial charge in [0, 0.05) is 19.4 Å². The topological polar surface area (TPSA) is 41.3 Å². The number of nitrogens with zero attached hydrogens (tertiary/aromatic N) is 3. The van der Waals surface area contributed by atoms with Gasteiger partial charge in [-0.1, -0.05) is 0 Å². The first-order chi connectivity index (χ1) is 9.80. The summed E-state index contributed by atoms with van der Waals surface area (Å²) in [7, 11) is 3.94. The average molecular weight is 366 g/mol. The number of likely N-dealkylation sites (N-methyl/N-ethyl adjacent to an activating group) is 1. The number of alkyl halides is 2. The second-order valence-corrected chi connectivity index (χ2v) is 6.90. The largest absolute Gasteiger partial charge is 0.386 e. The predicted octanol–water partition coefficient (Wildman–Crippen LogP) is 3.07. The molecule has 0 radical (unpaired) electrons. The van der Waals surface area contributed by atoms with Crippen LogP contribution in [0.3, 0.4) is 0 Å². The Kier molecular flexibility index (Phi) is 5.38. The van der Waals surface area contributed by atoms with Crippen LogP contribution >= 0.6 is 15.9 Å². The van der Waals surface area contributed by atoms with Gasteiger partial charge in [0.2, 0.25) is 5.92 Å². The molecule has 0 spiro atoms. The molecule has 1 fully saturated rings. The van der Waals surface area contributed by atoms with Gasteiger partial charge in [0.1, 0.15) is 0 Å². The quantitative estimate of drug-likeness (QED) is 0.871. The Morgan fingerprint density at radius 2 is 2.10 bits per heavy atom. The maximum absolute atomic E-state index is 13.2. The Morgan fingerprint density at radius 3 is 2.67 bits per heavy atom. The van der Waals surface area contributed by atoms with Gasteiger partial charge in [0.25, 0.3) is 0 Å². The van der Waals surface area contributed by atoms with Crippen LogP contribution < -0.4 is 0 Å². The number of hydrogen-bond donors (Lipinski definition) is 1. The molecule has 1 atom stereocenters. The molecule has 1 aliphatic carbocycles. The minimum absolute atomic E-state index is 0.129. The minimum Gasteiger partial charge on any atom is -0.386 e. The van der Waals surface area contributed by atoms with Crippen molar-refractivity contribution in [2.75, 3.05) is 20.6 Å². The molecule has 21 heavy (non-hydrogen) atoms. The van der Waals surface area contributed by atoms with E-state index in [-0.39, 0.29) is 18.8 Å². The lowest BCUT2D eigenvalue weighted by Crippen LogP contribution is -2.29. The second-order valence-electron chi connectivity index (χ2n) is 6.04. The molecule has 1 heterocycles. The summed E-state index contributed by atoms with van der Waals surface area (Å²) < 4.78 is 29.0. The lowest BCUT2D eigenvalue weighted by atomic mass is 9.82. The van der Waals surface area contributed by atoms with E-state index >= 15 is 0 Å². The van der Waals surface area contributed by atoms with Crippen LogP contribution in [0.25, 0.3) is 0 Å². The maximum atomic E-state index is 13.2. The Bertz CT molecular complexity index is 469. The van der Waals surface area contributed by atoms with E-state index in [1.54, 1.807) is 10.9 Å². The minimum atomic E-state index is -2.57. The van der Waals surface area contributed by atoms with Crippen molar-refractivity contribution in [2.45, 2.75) is 44.3 Å². The third-order valence-corrected chi connectivity index (χ3v) is 4.69. The van der Waals surface area contributed by atoms with Gasteiger partial charge in [0.15, 0.2) is 0 Å². The smallest absolute Gasteiger partial charge is 0.248 e. The Morgan fingerprint density at radius 1 is 1.48 bits per heavy atom. The van der Waals surface area contributed by atoms with Gasteiger partial charge in [-0.3, -0.25) is 4.68 Å². The number of halogens is 3. The fourth-order valence-electron chi connectivity index (χ4n) is 2.74.